The molecule has 4 aromatic carbocycles. The molecular weight excluding hydrogens is 448 g/mol. The maximum atomic E-state index is 13.2. The lowest BCUT2D eigenvalue weighted by Crippen LogP contribution is -2.48. The number of hydrogen-bond acceptors (Lipinski definition) is 2. The third-order valence-electron chi connectivity index (χ3n) is 7.56. The van der Waals surface area contributed by atoms with E-state index in [1.807, 2.05) is 109 Å². The highest BCUT2D eigenvalue weighted by Gasteiger charge is 2.56. The first-order valence-corrected chi connectivity index (χ1v) is 12.2. The molecule has 2 N–H and O–H groups in total. The first-order chi connectivity index (χ1) is 17.5. The number of carbonyl (C=O) groups is 2. The summed E-state index contributed by atoms with van der Waals surface area (Å²) in [5.74, 6) is -3.19. The van der Waals surface area contributed by atoms with Crippen molar-refractivity contribution in [2.75, 3.05) is 0 Å². The van der Waals surface area contributed by atoms with Gasteiger partial charge in [0.05, 0.1) is 5.92 Å². The van der Waals surface area contributed by atoms with Gasteiger partial charge in [0.25, 0.3) is 0 Å². The summed E-state index contributed by atoms with van der Waals surface area (Å²) in [5.41, 5.74) is 4.65. The lowest BCUT2D eigenvalue weighted by atomic mass is 9.57. The van der Waals surface area contributed by atoms with Gasteiger partial charge in [0, 0.05) is 11.8 Å². The van der Waals surface area contributed by atoms with Gasteiger partial charge in [-0.3, -0.25) is 9.59 Å². The second-order valence-corrected chi connectivity index (χ2v) is 9.53. The van der Waals surface area contributed by atoms with Crippen LogP contribution >= 0.6 is 0 Å². The van der Waals surface area contributed by atoms with E-state index >= 15 is 0 Å². The lowest BCUT2D eigenvalue weighted by Gasteiger charge is -2.44. The number of benzene rings is 4. The smallest absolute Gasteiger partial charge is 0.308 e. The minimum Gasteiger partial charge on any atom is -0.481 e. The van der Waals surface area contributed by atoms with Gasteiger partial charge in [0.2, 0.25) is 0 Å². The Morgan fingerprint density at radius 3 is 1.53 bits per heavy atom. The zero-order chi connectivity index (χ0) is 25.1. The molecule has 0 saturated carbocycles. The van der Waals surface area contributed by atoms with Crippen molar-refractivity contribution in [2.45, 2.75) is 24.7 Å². The monoisotopic (exact) mass is 476 g/mol. The van der Waals surface area contributed by atoms with Crippen molar-refractivity contribution in [1.29, 1.82) is 0 Å². The molecule has 0 fully saturated rings. The third-order valence-corrected chi connectivity index (χ3v) is 7.56. The number of carboxylic acid groups (broad SMARTS) is 2. The van der Waals surface area contributed by atoms with Crippen molar-refractivity contribution in [2.24, 2.45) is 11.8 Å². The molecule has 2 atom stereocenters. The SMILES string of the molecule is O=C(O)CC(Cc1ccccc1)C1(C(Cc2ccccc2)C(=O)O)c2ccccc2-c2ccccc21. The predicted octanol–water partition coefficient (Wildman–Crippen LogP) is 6.23. The Balaban J connectivity index is 1.80. The molecule has 36 heavy (non-hydrogen) atoms. The molecule has 0 amide bonds. The van der Waals surface area contributed by atoms with Gasteiger partial charge in [-0.05, 0) is 52.1 Å². The van der Waals surface area contributed by atoms with Crippen LogP contribution in [0, 0.1) is 11.8 Å². The van der Waals surface area contributed by atoms with Gasteiger partial charge >= 0.3 is 11.9 Å². The molecule has 1 aliphatic carbocycles. The number of carboxylic acids is 2. The summed E-state index contributed by atoms with van der Waals surface area (Å²) in [6, 6.07) is 35.2. The average molecular weight is 477 g/mol. The van der Waals surface area contributed by atoms with Crippen LogP contribution in [-0.2, 0) is 27.8 Å². The summed E-state index contributed by atoms with van der Waals surface area (Å²) >= 11 is 0. The largest absolute Gasteiger partial charge is 0.481 e. The molecule has 4 aromatic rings. The Hall–Kier alpha value is -4.18. The number of aliphatic carboxylic acids is 2. The number of rotatable bonds is 9. The van der Waals surface area contributed by atoms with Crippen molar-refractivity contribution < 1.29 is 19.8 Å². The van der Waals surface area contributed by atoms with Crippen LogP contribution < -0.4 is 0 Å². The molecule has 0 bridgehead atoms. The molecule has 1 aliphatic rings. The molecule has 0 aromatic heterocycles. The second-order valence-electron chi connectivity index (χ2n) is 9.53. The summed E-state index contributed by atoms with van der Waals surface area (Å²) in [4.78, 5) is 25.5. The van der Waals surface area contributed by atoms with Crippen LogP contribution in [0.5, 0.6) is 0 Å². The minimum absolute atomic E-state index is 0.143. The normalized spacial score (nSPS) is 14.9. The zero-order valence-electron chi connectivity index (χ0n) is 19.9. The zero-order valence-corrected chi connectivity index (χ0v) is 19.9. The van der Waals surface area contributed by atoms with Gasteiger partial charge < -0.3 is 10.2 Å². The quantitative estimate of drug-likeness (QED) is 0.300. The molecule has 4 heteroatoms. The molecule has 180 valence electrons. The Labute approximate surface area is 210 Å². The average Bonchev–Trinajstić information content (AvgIpc) is 3.19. The fourth-order valence-electron chi connectivity index (χ4n) is 6.20. The van der Waals surface area contributed by atoms with Crippen LogP contribution in [0.1, 0.15) is 28.7 Å². The summed E-state index contributed by atoms with van der Waals surface area (Å²) in [7, 11) is 0. The van der Waals surface area contributed by atoms with E-state index in [-0.39, 0.29) is 6.42 Å². The van der Waals surface area contributed by atoms with Crippen molar-refractivity contribution in [1.82, 2.24) is 0 Å². The van der Waals surface area contributed by atoms with Gasteiger partial charge in [-0.25, -0.2) is 0 Å². The molecule has 0 saturated heterocycles. The van der Waals surface area contributed by atoms with Gasteiger partial charge in [0.15, 0.2) is 0 Å². The Kier molecular flexibility index (Phi) is 6.43. The van der Waals surface area contributed by atoms with E-state index in [2.05, 4.69) is 0 Å². The fourth-order valence-corrected chi connectivity index (χ4v) is 6.20. The maximum absolute atomic E-state index is 13.2. The van der Waals surface area contributed by atoms with Crippen molar-refractivity contribution >= 4 is 11.9 Å². The van der Waals surface area contributed by atoms with Crippen molar-refractivity contribution in [3.05, 3.63) is 131 Å². The van der Waals surface area contributed by atoms with E-state index < -0.39 is 29.2 Å². The highest BCUT2D eigenvalue weighted by atomic mass is 16.4. The Morgan fingerprint density at radius 2 is 1.06 bits per heavy atom. The first-order valence-electron chi connectivity index (χ1n) is 12.2. The van der Waals surface area contributed by atoms with Crippen LogP contribution in [0.4, 0.5) is 0 Å². The highest BCUT2D eigenvalue weighted by molar-refractivity contribution is 5.86. The molecule has 0 radical (unpaired) electrons. The third kappa shape index (κ3) is 4.09. The van der Waals surface area contributed by atoms with Crippen LogP contribution in [0.3, 0.4) is 0 Å². The van der Waals surface area contributed by atoms with E-state index in [0.717, 1.165) is 33.4 Å². The maximum Gasteiger partial charge on any atom is 0.308 e. The topological polar surface area (TPSA) is 74.6 Å². The van der Waals surface area contributed by atoms with Gasteiger partial charge in [-0.15, -0.1) is 0 Å². The first kappa shape index (κ1) is 23.6. The lowest BCUT2D eigenvalue weighted by molar-refractivity contribution is -0.147. The summed E-state index contributed by atoms with van der Waals surface area (Å²) in [6.45, 7) is 0. The van der Waals surface area contributed by atoms with E-state index in [4.69, 9.17) is 0 Å². The van der Waals surface area contributed by atoms with Crippen molar-refractivity contribution in [3.63, 3.8) is 0 Å². The van der Waals surface area contributed by atoms with E-state index in [0.29, 0.717) is 12.8 Å². The Bertz CT molecular complexity index is 1330. The van der Waals surface area contributed by atoms with Crippen LogP contribution in [0.2, 0.25) is 0 Å². The summed E-state index contributed by atoms with van der Waals surface area (Å²) < 4.78 is 0. The molecule has 0 aliphatic heterocycles. The van der Waals surface area contributed by atoms with E-state index in [9.17, 15) is 19.8 Å². The molecule has 0 heterocycles. The molecule has 0 spiro atoms. The van der Waals surface area contributed by atoms with E-state index in [1.165, 1.54) is 0 Å². The molecule has 4 nitrogen and oxygen atoms in total. The van der Waals surface area contributed by atoms with Crippen LogP contribution in [0.15, 0.2) is 109 Å². The predicted molar refractivity (Wildman–Crippen MR) is 140 cm³/mol. The van der Waals surface area contributed by atoms with Crippen molar-refractivity contribution in [3.8, 4) is 11.1 Å². The summed E-state index contributed by atoms with van der Waals surface area (Å²) in [6.07, 6.45) is 0.605. The molecule has 2 unspecified atom stereocenters. The Morgan fingerprint density at radius 1 is 0.611 bits per heavy atom. The highest BCUT2D eigenvalue weighted by Crippen LogP contribution is 2.58. The molecule has 5 rings (SSSR count). The van der Waals surface area contributed by atoms with Gasteiger partial charge in [0.1, 0.15) is 0 Å². The summed E-state index contributed by atoms with van der Waals surface area (Å²) in [5, 5.41) is 20.9. The van der Waals surface area contributed by atoms with E-state index in [1.54, 1.807) is 0 Å². The van der Waals surface area contributed by atoms with Gasteiger partial charge in [-0.1, -0.05) is 109 Å². The fraction of sp³-hybridized carbons (Fsp3) is 0.188. The molecular formula is C32H28O4. The number of fused-ring (bicyclic) bond motifs is 3. The standard InChI is InChI=1S/C32H28O4/c33-30(34)21-24(19-22-11-3-1-4-12-22)32(29(31(35)36)20-23-13-5-2-6-14-23)27-17-9-7-15-25(27)26-16-8-10-18-28(26)32/h1-18,24,29H,19-21H2,(H,33,34)(H,35,36). The minimum atomic E-state index is -1.02. The second kappa shape index (κ2) is 9.82. The van der Waals surface area contributed by atoms with Crippen LogP contribution in [-0.4, -0.2) is 22.2 Å². The number of hydrogen-bond donors (Lipinski definition) is 2. The van der Waals surface area contributed by atoms with Crippen LogP contribution in [0.25, 0.3) is 11.1 Å². The van der Waals surface area contributed by atoms with Gasteiger partial charge in [-0.2, -0.15) is 0 Å².